The summed E-state index contributed by atoms with van der Waals surface area (Å²) >= 11 is 0. The fraction of sp³-hybridized carbons (Fsp3) is 0.412. The summed E-state index contributed by atoms with van der Waals surface area (Å²) in [4.78, 5) is 14.2. The van der Waals surface area contributed by atoms with Gasteiger partial charge >= 0.3 is 0 Å². The lowest BCUT2D eigenvalue weighted by Gasteiger charge is -2.23. The molecule has 1 aromatic heterocycles. The molecule has 0 aliphatic rings. The second-order valence-electron chi connectivity index (χ2n) is 5.49. The molecule has 1 heterocycles. The number of carbonyl (C=O) groups is 1. The Morgan fingerprint density at radius 3 is 2.65 bits per heavy atom. The molecule has 1 atom stereocenters. The number of carbonyl (C=O) groups excluding carboxylic acids is 1. The van der Waals surface area contributed by atoms with Crippen molar-refractivity contribution in [2.45, 2.75) is 33.4 Å². The minimum Gasteiger partial charge on any atom is -0.494 e. The van der Waals surface area contributed by atoms with Crippen molar-refractivity contribution in [3.63, 3.8) is 0 Å². The zero-order valence-corrected chi connectivity index (χ0v) is 14.0. The average Bonchev–Trinajstić information content (AvgIpc) is 2.93. The Hall–Kier alpha value is -2.34. The number of nitrogens with zero attached hydrogens (tertiary/aromatic N) is 2. The van der Waals surface area contributed by atoms with E-state index in [9.17, 15) is 4.79 Å². The molecule has 23 heavy (non-hydrogen) atoms. The van der Waals surface area contributed by atoms with E-state index in [2.05, 4.69) is 10.5 Å². The summed E-state index contributed by atoms with van der Waals surface area (Å²) in [5.41, 5.74) is 1.85. The van der Waals surface area contributed by atoms with Gasteiger partial charge in [-0.05, 0) is 45.5 Å². The molecule has 0 radical (unpaired) electrons. The molecule has 1 amide bonds. The lowest BCUT2D eigenvalue weighted by molar-refractivity contribution is -0.120. The van der Waals surface area contributed by atoms with Gasteiger partial charge in [-0.15, -0.1) is 0 Å². The topological polar surface area (TPSA) is 67.6 Å². The van der Waals surface area contributed by atoms with Crippen LogP contribution < -0.4 is 10.1 Å². The van der Waals surface area contributed by atoms with Crippen LogP contribution in [0, 0.1) is 6.92 Å². The summed E-state index contributed by atoms with van der Waals surface area (Å²) in [5, 5.41) is 6.48. The van der Waals surface area contributed by atoms with Gasteiger partial charge in [-0.1, -0.05) is 17.3 Å². The van der Waals surface area contributed by atoms with Crippen LogP contribution in [-0.2, 0) is 11.3 Å². The molecule has 1 N–H and O–H groups in total. The predicted octanol–water partition coefficient (Wildman–Crippen LogP) is 2.84. The van der Waals surface area contributed by atoms with Crippen LogP contribution in [0.15, 0.2) is 34.9 Å². The SMILES string of the molecule is CCOc1ccc(CN(C)[C@@H](C)C(=O)Nc2cc(C)no2)cc1. The predicted molar refractivity (Wildman–Crippen MR) is 88.4 cm³/mol. The van der Waals surface area contributed by atoms with Gasteiger partial charge in [0.2, 0.25) is 11.8 Å². The molecule has 0 saturated heterocycles. The van der Waals surface area contributed by atoms with Gasteiger partial charge in [0.15, 0.2) is 0 Å². The Morgan fingerprint density at radius 2 is 2.09 bits per heavy atom. The lowest BCUT2D eigenvalue weighted by atomic mass is 10.2. The van der Waals surface area contributed by atoms with Gasteiger partial charge in [0.05, 0.1) is 18.3 Å². The summed E-state index contributed by atoms with van der Waals surface area (Å²) in [6, 6.07) is 9.28. The van der Waals surface area contributed by atoms with E-state index in [4.69, 9.17) is 9.26 Å². The van der Waals surface area contributed by atoms with Crippen LogP contribution in [0.4, 0.5) is 5.88 Å². The molecule has 2 aromatic rings. The first-order valence-corrected chi connectivity index (χ1v) is 7.65. The summed E-state index contributed by atoms with van der Waals surface area (Å²) < 4.78 is 10.4. The van der Waals surface area contributed by atoms with Crippen molar-refractivity contribution in [1.82, 2.24) is 10.1 Å². The molecule has 6 heteroatoms. The number of benzene rings is 1. The highest BCUT2D eigenvalue weighted by Crippen LogP contribution is 2.15. The van der Waals surface area contributed by atoms with Gasteiger partial charge in [-0.25, -0.2) is 0 Å². The van der Waals surface area contributed by atoms with Gasteiger partial charge in [0.1, 0.15) is 5.75 Å². The Kier molecular flexibility index (Phi) is 5.76. The van der Waals surface area contributed by atoms with Crippen molar-refractivity contribution in [2.24, 2.45) is 0 Å². The van der Waals surface area contributed by atoms with Crippen LogP contribution in [0.1, 0.15) is 25.1 Å². The van der Waals surface area contributed by atoms with Gasteiger partial charge < -0.3 is 9.26 Å². The van der Waals surface area contributed by atoms with Crippen LogP contribution in [-0.4, -0.2) is 35.7 Å². The number of nitrogens with one attached hydrogen (secondary N) is 1. The normalized spacial score (nSPS) is 12.2. The second-order valence-corrected chi connectivity index (χ2v) is 5.49. The third-order valence-corrected chi connectivity index (χ3v) is 3.58. The molecule has 0 aliphatic carbocycles. The van der Waals surface area contributed by atoms with Crippen LogP contribution in [0.5, 0.6) is 5.75 Å². The highest BCUT2D eigenvalue weighted by Gasteiger charge is 2.19. The van der Waals surface area contributed by atoms with Crippen LogP contribution in [0.25, 0.3) is 0 Å². The van der Waals surface area contributed by atoms with E-state index in [0.717, 1.165) is 17.0 Å². The summed E-state index contributed by atoms with van der Waals surface area (Å²) in [6.45, 7) is 6.93. The van der Waals surface area contributed by atoms with E-state index in [0.29, 0.717) is 19.0 Å². The molecule has 124 valence electrons. The minimum absolute atomic E-state index is 0.130. The molecule has 2 rings (SSSR count). The lowest BCUT2D eigenvalue weighted by Crippen LogP contribution is -2.39. The summed E-state index contributed by atoms with van der Waals surface area (Å²) in [7, 11) is 1.91. The van der Waals surface area contributed by atoms with Crippen LogP contribution >= 0.6 is 0 Å². The van der Waals surface area contributed by atoms with E-state index >= 15 is 0 Å². The molecular weight excluding hydrogens is 294 g/mol. The quantitative estimate of drug-likeness (QED) is 0.850. The zero-order valence-electron chi connectivity index (χ0n) is 14.0. The van der Waals surface area contributed by atoms with Gasteiger partial charge in [-0.3, -0.25) is 15.0 Å². The number of ether oxygens (including phenoxy) is 1. The summed E-state index contributed by atoms with van der Waals surface area (Å²) in [5.74, 6) is 1.09. The fourth-order valence-electron chi connectivity index (χ4n) is 2.13. The summed E-state index contributed by atoms with van der Waals surface area (Å²) in [6.07, 6.45) is 0. The molecule has 6 nitrogen and oxygen atoms in total. The first-order valence-electron chi connectivity index (χ1n) is 7.65. The smallest absolute Gasteiger partial charge is 0.243 e. The number of amides is 1. The van der Waals surface area contributed by atoms with Crippen LogP contribution in [0.2, 0.25) is 0 Å². The maximum Gasteiger partial charge on any atom is 0.243 e. The van der Waals surface area contributed by atoms with Crippen LogP contribution in [0.3, 0.4) is 0 Å². The molecule has 0 aliphatic heterocycles. The van der Waals surface area contributed by atoms with Crippen molar-refractivity contribution in [1.29, 1.82) is 0 Å². The Bertz CT molecular complexity index is 637. The van der Waals surface area contributed by atoms with E-state index in [1.54, 1.807) is 13.0 Å². The number of aryl methyl sites for hydroxylation is 1. The molecule has 1 aromatic carbocycles. The molecule has 0 spiro atoms. The van der Waals surface area contributed by atoms with Crippen molar-refractivity contribution < 1.29 is 14.1 Å². The highest BCUT2D eigenvalue weighted by molar-refractivity contribution is 5.93. The van der Waals surface area contributed by atoms with E-state index < -0.39 is 0 Å². The maximum atomic E-state index is 12.2. The third-order valence-electron chi connectivity index (χ3n) is 3.58. The molecular formula is C17H23N3O3. The largest absolute Gasteiger partial charge is 0.494 e. The Balaban J connectivity index is 1.90. The van der Waals surface area contributed by atoms with Crippen molar-refractivity contribution in [3.05, 3.63) is 41.6 Å². The minimum atomic E-state index is -0.299. The monoisotopic (exact) mass is 317 g/mol. The van der Waals surface area contributed by atoms with E-state index in [-0.39, 0.29) is 11.9 Å². The molecule has 0 bridgehead atoms. The first-order chi connectivity index (χ1) is 11.0. The average molecular weight is 317 g/mol. The third kappa shape index (κ3) is 4.82. The molecule has 0 saturated carbocycles. The number of rotatable bonds is 7. The highest BCUT2D eigenvalue weighted by atomic mass is 16.5. The number of aromatic nitrogens is 1. The van der Waals surface area contributed by atoms with Crippen molar-refractivity contribution in [3.8, 4) is 5.75 Å². The number of hydrogen-bond acceptors (Lipinski definition) is 5. The van der Waals surface area contributed by atoms with Gasteiger partial charge in [0.25, 0.3) is 0 Å². The molecule has 0 fully saturated rings. The Morgan fingerprint density at radius 1 is 1.39 bits per heavy atom. The number of hydrogen-bond donors (Lipinski definition) is 1. The van der Waals surface area contributed by atoms with E-state index in [1.807, 2.05) is 50.1 Å². The zero-order chi connectivity index (χ0) is 16.8. The number of anilines is 1. The fourth-order valence-corrected chi connectivity index (χ4v) is 2.13. The van der Waals surface area contributed by atoms with Crippen molar-refractivity contribution in [2.75, 3.05) is 19.0 Å². The second kappa shape index (κ2) is 7.78. The number of likely N-dealkylation sites (N-methyl/N-ethyl adjacent to an activating group) is 1. The van der Waals surface area contributed by atoms with Gasteiger partial charge in [0, 0.05) is 12.6 Å². The van der Waals surface area contributed by atoms with Gasteiger partial charge in [-0.2, -0.15) is 0 Å². The molecule has 0 unspecified atom stereocenters. The maximum absolute atomic E-state index is 12.2. The first kappa shape index (κ1) is 17.0. The van der Waals surface area contributed by atoms with Crippen molar-refractivity contribution >= 4 is 11.8 Å². The standard InChI is InChI=1S/C17H23N3O3/c1-5-22-15-8-6-14(7-9-15)11-20(4)13(3)17(21)18-16-10-12(2)19-23-16/h6-10,13H,5,11H2,1-4H3,(H,18,21)/t13-/m0/s1. The van der Waals surface area contributed by atoms with E-state index in [1.165, 1.54) is 0 Å². The Labute approximate surface area is 136 Å².